The number of amides is 1. The lowest BCUT2D eigenvalue weighted by Gasteiger charge is -2.21. The maximum Gasteiger partial charge on any atom is 0.328 e. The SMILES string of the molecule is COC(=O)C1CC(Oc2cccc(-c3cccc(N)c3C=NCC(=O)O)c2)CN1C(=O)c1cnn(-c2ccc(F)cc2Cl)c1. The van der Waals surface area contributed by atoms with Crippen LogP contribution in [0.1, 0.15) is 22.3 Å². The molecule has 0 aliphatic carbocycles. The normalized spacial score (nSPS) is 16.3. The summed E-state index contributed by atoms with van der Waals surface area (Å²) in [5, 5.41) is 13.2. The van der Waals surface area contributed by atoms with Gasteiger partial charge in [0.25, 0.3) is 5.91 Å². The van der Waals surface area contributed by atoms with Crippen LogP contribution < -0.4 is 10.5 Å². The zero-order valence-electron chi connectivity index (χ0n) is 23.4. The molecule has 3 N–H and O–H groups in total. The molecule has 1 amide bonds. The Labute approximate surface area is 256 Å². The van der Waals surface area contributed by atoms with Crippen LogP contribution >= 0.6 is 11.6 Å². The fourth-order valence-corrected chi connectivity index (χ4v) is 5.24. The maximum absolute atomic E-state index is 13.6. The number of halogens is 2. The van der Waals surface area contributed by atoms with Crippen LogP contribution in [0.15, 0.2) is 78.0 Å². The number of likely N-dealkylation sites (tertiary alicyclic amines) is 1. The number of carbonyl (C=O) groups is 3. The quantitative estimate of drug-likeness (QED) is 0.160. The van der Waals surface area contributed by atoms with Crippen molar-refractivity contribution in [1.29, 1.82) is 0 Å². The minimum absolute atomic E-state index is 0.0939. The Bertz CT molecular complexity index is 1760. The van der Waals surface area contributed by atoms with E-state index in [-0.39, 0.29) is 23.6 Å². The van der Waals surface area contributed by atoms with E-state index in [1.54, 1.807) is 30.3 Å². The minimum atomic E-state index is -1.06. The topological polar surface area (TPSA) is 149 Å². The van der Waals surface area contributed by atoms with Crippen molar-refractivity contribution < 1.29 is 33.4 Å². The van der Waals surface area contributed by atoms with Crippen molar-refractivity contribution >= 4 is 41.3 Å². The van der Waals surface area contributed by atoms with Gasteiger partial charge in [-0.05, 0) is 47.5 Å². The number of nitrogens with two attached hydrogens (primary N) is 1. The lowest BCUT2D eigenvalue weighted by Crippen LogP contribution is -2.41. The molecule has 3 aromatic carbocycles. The molecule has 1 aromatic heterocycles. The number of hydrogen-bond donors (Lipinski definition) is 2. The number of hydrogen-bond acceptors (Lipinski definition) is 8. The molecule has 44 heavy (non-hydrogen) atoms. The number of nitrogen functional groups attached to an aromatic ring is 1. The van der Waals surface area contributed by atoms with Crippen molar-refractivity contribution in [3.63, 3.8) is 0 Å². The van der Waals surface area contributed by atoms with Gasteiger partial charge in [0.1, 0.15) is 30.3 Å². The summed E-state index contributed by atoms with van der Waals surface area (Å²) in [7, 11) is 1.25. The number of aromatic nitrogens is 2. The Morgan fingerprint density at radius 1 is 1.18 bits per heavy atom. The van der Waals surface area contributed by atoms with Gasteiger partial charge in [-0.1, -0.05) is 35.9 Å². The van der Waals surface area contributed by atoms with Gasteiger partial charge in [-0.15, -0.1) is 0 Å². The highest BCUT2D eigenvalue weighted by Crippen LogP contribution is 2.32. The number of methoxy groups -OCH3 is 1. The van der Waals surface area contributed by atoms with E-state index in [1.807, 2.05) is 12.1 Å². The molecule has 0 radical (unpaired) electrons. The molecule has 1 aliphatic rings. The summed E-state index contributed by atoms with van der Waals surface area (Å²) in [5.41, 5.74) is 9.20. The summed E-state index contributed by atoms with van der Waals surface area (Å²) in [6, 6.07) is 15.4. The molecule has 0 spiro atoms. The molecular weight excluding hydrogens is 593 g/mol. The van der Waals surface area contributed by atoms with Crippen molar-refractivity contribution in [2.45, 2.75) is 18.6 Å². The third kappa shape index (κ3) is 6.55. The third-order valence-corrected chi connectivity index (χ3v) is 7.32. The third-order valence-electron chi connectivity index (χ3n) is 7.02. The van der Waals surface area contributed by atoms with Gasteiger partial charge in [0.2, 0.25) is 0 Å². The largest absolute Gasteiger partial charge is 0.488 e. The van der Waals surface area contributed by atoms with E-state index in [0.29, 0.717) is 22.7 Å². The van der Waals surface area contributed by atoms with Crippen molar-refractivity contribution in [2.75, 3.05) is 25.9 Å². The Morgan fingerprint density at radius 3 is 2.73 bits per heavy atom. The van der Waals surface area contributed by atoms with Crippen LogP contribution in [0.3, 0.4) is 0 Å². The maximum atomic E-state index is 13.6. The molecule has 0 saturated carbocycles. The molecule has 226 valence electrons. The number of anilines is 1. The van der Waals surface area contributed by atoms with Crippen molar-refractivity contribution in [3.8, 4) is 22.6 Å². The van der Waals surface area contributed by atoms with Crippen molar-refractivity contribution in [3.05, 3.63) is 95.0 Å². The van der Waals surface area contributed by atoms with Crippen LogP contribution in [0.4, 0.5) is 10.1 Å². The second-order valence-electron chi connectivity index (χ2n) is 9.94. The number of esters is 1. The van der Waals surface area contributed by atoms with Crippen LogP contribution in [0, 0.1) is 5.82 Å². The zero-order chi connectivity index (χ0) is 31.4. The van der Waals surface area contributed by atoms with Gasteiger partial charge in [0.05, 0.1) is 36.1 Å². The van der Waals surface area contributed by atoms with Gasteiger partial charge in [-0.3, -0.25) is 14.6 Å². The highest BCUT2D eigenvalue weighted by atomic mass is 35.5. The fraction of sp³-hybridized carbons (Fsp3) is 0.194. The first-order valence-electron chi connectivity index (χ1n) is 13.4. The minimum Gasteiger partial charge on any atom is -0.488 e. The Morgan fingerprint density at radius 2 is 1.98 bits per heavy atom. The summed E-state index contributed by atoms with van der Waals surface area (Å²) in [6.07, 6.45) is 3.87. The number of ether oxygens (including phenoxy) is 2. The summed E-state index contributed by atoms with van der Waals surface area (Å²) in [6.45, 7) is -0.299. The van der Waals surface area contributed by atoms with Gasteiger partial charge < -0.3 is 25.2 Å². The highest BCUT2D eigenvalue weighted by molar-refractivity contribution is 6.32. The smallest absolute Gasteiger partial charge is 0.328 e. The van der Waals surface area contributed by atoms with E-state index in [9.17, 15) is 18.8 Å². The number of aliphatic carboxylic acids is 1. The molecule has 11 nitrogen and oxygen atoms in total. The molecule has 2 atom stereocenters. The second kappa shape index (κ2) is 13.0. The molecule has 5 rings (SSSR count). The first kappa shape index (κ1) is 30.2. The van der Waals surface area contributed by atoms with Gasteiger partial charge in [-0.25, -0.2) is 13.9 Å². The van der Waals surface area contributed by atoms with Crippen LogP contribution in [0.25, 0.3) is 16.8 Å². The predicted octanol–water partition coefficient (Wildman–Crippen LogP) is 4.25. The summed E-state index contributed by atoms with van der Waals surface area (Å²) >= 11 is 6.15. The first-order chi connectivity index (χ1) is 21.1. The molecule has 1 aliphatic heterocycles. The molecule has 1 fully saturated rings. The monoisotopic (exact) mass is 619 g/mol. The van der Waals surface area contributed by atoms with E-state index in [4.69, 9.17) is 31.9 Å². The van der Waals surface area contributed by atoms with E-state index in [2.05, 4.69) is 10.1 Å². The van der Waals surface area contributed by atoms with E-state index < -0.39 is 42.4 Å². The molecule has 2 unspecified atom stereocenters. The summed E-state index contributed by atoms with van der Waals surface area (Å²) in [4.78, 5) is 42.5. The fourth-order valence-electron chi connectivity index (χ4n) is 4.99. The summed E-state index contributed by atoms with van der Waals surface area (Å²) < 4.78 is 26.1. The number of nitrogens with zero attached hydrogens (tertiary/aromatic N) is 4. The van der Waals surface area contributed by atoms with Gasteiger partial charge >= 0.3 is 11.9 Å². The average molecular weight is 620 g/mol. The van der Waals surface area contributed by atoms with Gasteiger partial charge in [0.15, 0.2) is 0 Å². The standard InChI is InChI=1S/C31H27ClFN5O6/c1-43-31(42)28-12-22(17-37(28)30(41)19-13-36-38(16-19)27-9-8-20(33)11-25(27)32)44-21-5-2-4-18(10-21)23-6-3-7-26(34)24(23)14-35-15-29(39)40/h2-11,13-14,16,22,28H,12,15,17,34H2,1H3,(H,39,40). The van der Waals surface area contributed by atoms with Crippen LogP contribution in [0.5, 0.6) is 5.75 Å². The number of benzene rings is 3. The van der Waals surface area contributed by atoms with Crippen molar-refractivity contribution in [2.24, 2.45) is 4.99 Å². The van der Waals surface area contributed by atoms with Gasteiger partial charge in [-0.2, -0.15) is 5.10 Å². The number of aliphatic imine (C=N–C) groups is 1. The van der Waals surface area contributed by atoms with Gasteiger partial charge in [0, 0.05) is 30.1 Å². The molecule has 2 heterocycles. The molecule has 4 aromatic rings. The van der Waals surface area contributed by atoms with E-state index in [0.717, 1.165) is 17.2 Å². The number of carbonyl (C=O) groups excluding carboxylic acids is 2. The van der Waals surface area contributed by atoms with Crippen molar-refractivity contribution in [1.82, 2.24) is 14.7 Å². The lowest BCUT2D eigenvalue weighted by molar-refractivity contribution is -0.145. The molecule has 0 bridgehead atoms. The molecule has 1 saturated heterocycles. The predicted molar refractivity (Wildman–Crippen MR) is 161 cm³/mol. The Kier molecular flexibility index (Phi) is 8.91. The number of rotatable bonds is 9. The van der Waals surface area contributed by atoms with Crippen LogP contribution in [0.2, 0.25) is 5.02 Å². The number of carboxylic acids is 1. The molecular formula is C31H27ClFN5O6. The van der Waals surface area contributed by atoms with E-state index >= 15 is 0 Å². The van der Waals surface area contributed by atoms with E-state index in [1.165, 1.54) is 47.4 Å². The highest BCUT2D eigenvalue weighted by Gasteiger charge is 2.42. The second-order valence-corrected chi connectivity index (χ2v) is 10.3. The first-order valence-corrected chi connectivity index (χ1v) is 13.8. The molecule has 13 heteroatoms. The Hall–Kier alpha value is -5.23. The Balaban J connectivity index is 1.36. The lowest BCUT2D eigenvalue weighted by atomic mass is 9.98. The number of carboxylic acid groups (broad SMARTS) is 1. The average Bonchev–Trinajstić information content (AvgIpc) is 3.65. The van der Waals surface area contributed by atoms with Crippen LogP contribution in [-0.4, -0.2) is 76.2 Å². The zero-order valence-corrected chi connectivity index (χ0v) is 24.1. The van der Waals surface area contributed by atoms with Crippen LogP contribution in [-0.2, 0) is 14.3 Å². The summed E-state index contributed by atoms with van der Waals surface area (Å²) in [5.74, 6) is -2.13.